The van der Waals surface area contributed by atoms with Crippen molar-refractivity contribution >= 4 is 0 Å². The summed E-state index contributed by atoms with van der Waals surface area (Å²) in [6.45, 7) is 4.14. The molecule has 0 aliphatic carbocycles. The number of nitrogens with two attached hydrogens (primary N) is 1. The Labute approximate surface area is 108 Å². The predicted octanol–water partition coefficient (Wildman–Crippen LogP) is 2.45. The molecule has 1 unspecified atom stereocenters. The Kier molecular flexibility index (Phi) is 4.07. The lowest BCUT2D eigenvalue weighted by atomic mass is 9.96. The number of hydrogen-bond acceptors (Lipinski definition) is 3. The quantitative estimate of drug-likeness (QED) is 0.638. The maximum Gasteiger partial charge on any atom is 0.0518 e. The number of benzene rings is 1. The maximum atomic E-state index is 5.69. The van der Waals surface area contributed by atoms with E-state index in [2.05, 4.69) is 47.7 Å². The molecule has 18 heavy (non-hydrogen) atoms. The second kappa shape index (κ2) is 5.76. The van der Waals surface area contributed by atoms with Crippen LogP contribution in [0.2, 0.25) is 0 Å². The van der Waals surface area contributed by atoms with Crippen molar-refractivity contribution in [2.24, 2.45) is 5.84 Å². The van der Waals surface area contributed by atoms with E-state index in [1.807, 2.05) is 13.0 Å². The van der Waals surface area contributed by atoms with Gasteiger partial charge < -0.3 is 0 Å². The fraction of sp³-hybridized carbons (Fsp3) is 0.267. The zero-order valence-corrected chi connectivity index (χ0v) is 10.9. The first-order valence-electron chi connectivity index (χ1n) is 6.14. The van der Waals surface area contributed by atoms with E-state index in [9.17, 15) is 0 Å². The molecule has 0 bridgehead atoms. The average molecular weight is 241 g/mol. The highest BCUT2D eigenvalue weighted by atomic mass is 15.2. The zero-order valence-electron chi connectivity index (χ0n) is 10.9. The van der Waals surface area contributed by atoms with Crippen LogP contribution in [-0.4, -0.2) is 4.98 Å². The monoisotopic (exact) mass is 241 g/mol. The van der Waals surface area contributed by atoms with E-state index >= 15 is 0 Å². The number of aryl methyl sites for hydroxylation is 2. The summed E-state index contributed by atoms with van der Waals surface area (Å²) >= 11 is 0. The largest absolute Gasteiger partial charge is 0.271 e. The van der Waals surface area contributed by atoms with Gasteiger partial charge in [-0.15, -0.1) is 0 Å². The van der Waals surface area contributed by atoms with Crippen molar-refractivity contribution in [2.45, 2.75) is 26.3 Å². The van der Waals surface area contributed by atoms with Crippen molar-refractivity contribution in [3.63, 3.8) is 0 Å². The lowest BCUT2D eigenvalue weighted by Gasteiger charge is -2.19. The molecular weight excluding hydrogens is 222 g/mol. The van der Waals surface area contributed by atoms with Crippen LogP contribution in [0.25, 0.3) is 0 Å². The van der Waals surface area contributed by atoms with Crippen molar-refractivity contribution < 1.29 is 0 Å². The smallest absolute Gasteiger partial charge is 0.0518 e. The lowest BCUT2D eigenvalue weighted by molar-refractivity contribution is 0.546. The highest BCUT2D eigenvalue weighted by molar-refractivity contribution is 5.30. The SMILES string of the molecule is Cc1ccccc1CC(NN)c1cccnc1C. The van der Waals surface area contributed by atoms with Gasteiger partial charge in [-0.1, -0.05) is 30.3 Å². The highest BCUT2D eigenvalue weighted by Crippen LogP contribution is 2.21. The average Bonchev–Trinajstić information content (AvgIpc) is 2.39. The van der Waals surface area contributed by atoms with Crippen molar-refractivity contribution in [1.82, 2.24) is 10.4 Å². The number of rotatable bonds is 4. The van der Waals surface area contributed by atoms with Crippen LogP contribution in [0, 0.1) is 13.8 Å². The molecule has 1 aromatic carbocycles. The van der Waals surface area contributed by atoms with Crippen molar-refractivity contribution in [3.05, 3.63) is 65.0 Å². The van der Waals surface area contributed by atoms with E-state index in [-0.39, 0.29) is 6.04 Å². The van der Waals surface area contributed by atoms with Gasteiger partial charge in [-0.2, -0.15) is 0 Å². The zero-order chi connectivity index (χ0) is 13.0. The molecule has 3 heteroatoms. The Bertz CT molecular complexity index is 523. The molecule has 1 aromatic heterocycles. The van der Waals surface area contributed by atoms with Gasteiger partial charge in [0.1, 0.15) is 0 Å². The van der Waals surface area contributed by atoms with Gasteiger partial charge in [0.25, 0.3) is 0 Å². The number of nitrogens with zero attached hydrogens (tertiary/aromatic N) is 1. The normalized spacial score (nSPS) is 12.4. The highest BCUT2D eigenvalue weighted by Gasteiger charge is 2.14. The number of hydrazine groups is 1. The first kappa shape index (κ1) is 12.7. The van der Waals surface area contributed by atoms with Gasteiger partial charge in [-0.3, -0.25) is 16.3 Å². The third-order valence-corrected chi connectivity index (χ3v) is 3.31. The first-order chi connectivity index (χ1) is 8.72. The molecule has 0 radical (unpaired) electrons. The second-order valence-corrected chi connectivity index (χ2v) is 4.53. The van der Waals surface area contributed by atoms with Crippen molar-refractivity contribution in [2.75, 3.05) is 0 Å². The van der Waals surface area contributed by atoms with Crippen LogP contribution >= 0.6 is 0 Å². The van der Waals surface area contributed by atoms with Crippen LogP contribution < -0.4 is 11.3 Å². The minimum atomic E-state index is 0.0970. The summed E-state index contributed by atoms with van der Waals surface area (Å²) < 4.78 is 0. The van der Waals surface area contributed by atoms with Gasteiger partial charge in [0.15, 0.2) is 0 Å². The summed E-state index contributed by atoms with van der Waals surface area (Å²) in [7, 11) is 0. The van der Waals surface area contributed by atoms with Crippen LogP contribution in [0.15, 0.2) is 42.6 Å². The second-order valence-electron chi connectivity index (χ2n) is 4.53. The Balaban J connectivity index is 2.26. The van der Waals surface area contributed by atoms with Gasteiger partial charge in [0.05, 0.1) is 6.04 Å². The molecule has 0 spiro atoms. The Morgan fingerprint density at radius 3 is 2.61 bits per heavy atom. The summed E-state index contributed by atoms with van der Waals surface area (Å²) in [6, 6.07) is 12.5. The summed E-state index contributed by atoms with van der Waals surface area (Å²) in [5.74, 6) is 5.69. The molecule has 3 N–H and O–H groups in total. The third kappa shape index (κ3) is 2.75. The van der Waals surface area contributed by atoms with Gasteiger partial charge in [0, 0.05) is 11.9 Å². The maximum absolute atomic E-state index is 5.69. The Morgan fingerprint density at radius 2 is 1.94 bits per heavy atom. The minimum absolute atomic E-state index is 0.0970. The number of aromatic nitrogens is 1. The predicted molar refractivity (Wildman–Crippen MR) is 73.9 cm³/mol. The van der Waals surface area contributed by atoms with Crippen molar-refractivity contribution in [3.8, 4) is 0 Å². The molecule has 2 aromatic rings. The van der Waals surface area contributed by atoms with E-state index in [0.29, 0.717) is 0 Å². The van der Waals surface area contributed by atoms with Gasteiger partial charge in [0.2, 0.25) is 0 Å². The topological polar surface area (TPSA) is 50.9 Å². The molecular formula is C15H19N3. The summed E-state index contributed by atoms with van der Waals surface area (Å²) in [4.78, 5) is 4.32. The van der Waals surface area contributed by atoms with E-state index in [1.165, 1.54) is 11.1 Å². The van der Waals surface area contributed by atoms with Crippen LogP contribution in [-0.2, 0) is 6.42 Å². The van der Waals surface area contributed by atoms with E-state index in [1.54, 1.807) is 6.20 Å². The Morgan fingerprint density at radius 1 is 1.17 bits per heavy atom. The van der Waals surface area contributed by atoms with Gasteiger partial charge in [-0.25, -0.2) is 0 Å². The standard InChI is InChI=1S/C15H19N3/c1-11-6-3-4-7-13(11)10-15(18-16)14-8-5-9-17-12(14)2/h3-9,15,18H,10,16H2,1-2H3. The molecule has 0 aliphatic heterocycles. The molecule has 2 rings (SSSR count). The molecule has 1 heterocycles. The summed E-state index contributed by atoms with van der Waals surface area (Å²) in [6.07, 6.45) is 2.68. The summed E-state index contributed by atoms with van der Waals surface area (Å²) in [5.41, 5.74) is 7.67. The van der Waals surface area contributed by atoms with E-state index < -0.39 is 0 Å². The fourth-order valence-corrected chi connectivity index (χ4v) is 2.18. The molecule has 1 atom stereocenters. The van der Waals surface area contributed by atoms with Crippen LogP contribution in [0.5, 0.6) is 0 Å². The first-order valence-corrected chi connectivity index (χ1v) is 6.14. The molecule has 3 nitrogen and oxygen atoms in total. The number of hydrogen-bond donors (Lipinski definition) is 2. The van der Waals surface area contributed by atoms with Crippen LogP contribution in [0.4, 0.5) is 0 Å². The molecule has 0 saturated heterocycles. The third-order valence-electron chi connectivity index (χ3n) is 3.31. The van der Waals surface area contributed by atoms with Crippen LogP contribution in [0.3, 0.4) is 0 Å². The van der Waals surface area contributed by atoms with E-state index in [0.717, 1.165) is 17.7 Å². The fourth-order valence-electron chi connectivity index (χ4n) is 2.18. The molecule has 0 saturated carbocycles. The summed E-state index contributed by atoms with van der Waals surface area (Å²) in [5, 5.41) is 0. The van der Waals surface area contributed by atoms with Gasteiger partial charge >= 0.3 is 0 Å². The van der Waals surface area contributed by atoms with Gasteiger partial charge in [-0.05, 0) is 43.0 Å². The lowest BCUT2D eigenvalue weighted by Crippen LogP contribution is -2.30. The molecule has 0 fully saturated rings. The Hall–Kier alpha value is -1.71. The van der Waals surface area contributed by atoms with E-state index in [4.69, 9.17) is 5.84 Å². The minimum Gasteiger partial charge on any atom is -0.271 e. The van der Waals surface area contributed by atoms with Crippen LogP contribution in [0.1, 0.15) is 28.4 Å². The molecule has 0 aliphatic rings. The molecule has 94 valence electrons. The number of pyridine rings is 1. The number of nitrogens with one attached hydrogen (secondary N) is 1. The molecule has 0 amide bonds. The van der Waals surface area contributed by atoms with Crippen molar-refractivity contribution in [1.29, 1.82) is 0 Å².